The van der Waals surface area contributed by atoms with Crippen LogP contribution in [0, 0.1) is 0 Å². The minimum absolute atomic E-state index is 0.0855. The summed E-state index contributed by atoms with van der Waals surface area (Å²) in [4.78, 5) is 24.0. The molecule has 4 rings (SSSR count). The lowest BCUT2D eigenvalue weighted by Gasteiger charge is -2.46. The van der Waals surface area contributed by atoms with Crippen molar-refractivity contribution >= 4 is 5.82 Å². The molecule has 4 heterocycles. The molecule has 3 aliphatic rings. The fourth-order valence-electron chi connectivity index (χ4n) is 2.91. The summed E-state index contributed by atoms with van der Waals surface area (Å²) in [7, 11) is 0. The van der Waals surface area contributed by atoms with Crippen LogP contribution in [0.1, 0.15) is 24.4 Å². The molecular formula is C12H19N5O. The van der Waals surface area contributed by atoms with Crippen LogP contribution >= 0.6 is 0 Å². The summed E-state index contributed by atoms with van der Waals surface area (Å²) in [5, 5.41) is 0. The number of anilines is 1. The van der Waals surface area contributed by atoms with Crippen LogP contribution in [-0.2, 0) is 6.42 Å². The Morgan fingerprint density at radius 3 is 2.61 bits per heavy atom. The van der Waals surface area contributed by atoms with Gasteiger partial charge in [0, 0.05) is 32.7 Å². The van der Waals surface area contributed by atoms with Crippen molar-refractivity contribution in [3.8, 4) is 0 Å². The number of hydrogen-bond acceptors (Lipinski definition) is 5. The molecule has 98 valence electrons. The van der Waals surface area contributed by atoms with E-state index in [4.69, 9.17) is 5.73 Å². The van der Waals surface area contributed by atoms with Crippen LogP contribution in [0.3, 0.4) is 0 Å². The molecule has 0 radical (unpaired) electrons. The first kappa shape index (κ1) is 11.7. The molecule has 3 fully saturated rings. The summed E-state index contributed by atoms with van der Waals surface area (Å²) >= 11 is 0. The molecule has 0 aromatic carbocycles. The van der Waals surface area contributed by atoms with Crippen molar-refractivity contribution in [2.24, 2.45) is 0 Å². The maximum atomic E-state index is 11.9. The number of rotatable bonds is 2. The number of aromatic amines is 1. The molecule has 0 spiro atoms. The molecule has 2 bridgehead atoms. The van der Waals surface area contributed by atoms with Gasteiger partial charge in [-0.25, -0.2) is 4.98 Å². The highest BCUT2D eigenvalue weighted by Crippen LogP contribution is 2.26. The molecule has 0 aliphatic carbocycles. The van der Waals surface area contributed by atoms with Gasteiger partial charge in [0.05, 0.1) is 11.6 Å². The molecule has 0 amide bonds. The van der Waals surface area contributed by atoms with Crippen molar-refractivity contribution in [3.63, 3.8) is 0 Å². The second-order valence-electron chi connectivity index (χ2n) is 5.02. The van der Waals surface area contributed by atoms with Crippen molar-refractivity contribution in [1.29, 1.82) is 0 Å². The van der Waals surface area contributed by atoms with Gasteiger partial charge in [-0.3, -0.25) is 14.6 Å². The maximum absolute atomic E-state index is 11.9. The third-order valence-electron chi connectivity index (χ3n) is 4.01. The van der Waals surface area contributed by atoms with Crippen LogP contribution in [0.4, 0.5) is 5.82 Å². The van der Waals surface area contributed by atoms with Gasteiger partial charge in [-0.15, -0.1) is 0 Å². The molecule has 3 saturated heterocycles. The highest BCUT2D eigenvalue weighted by molar-refractivity contribution is 5.37. The van der Waals surface area contributed by atoms with E-state index in [0.717, 1.165) is 38.5 Å². The van der Waals surface area contributed by atoms with Crippen molar-refractivity contribution < 1.29 is 0 Å². The van der Waals surface area contributed by atoms with E-state index in [0.29, 0.717) is 17.8 Å². The van der Waals surface area contributed by atoms with Crippen molar-refractivity contribution in [2.45, 2.75) is 19.4 Å². The Bertz CT molecular complexity index is 504. The number of nitrogens with zero attached hydrogens (tertiary/aromatic N) is 3. The average Bonchev–Trinajstić information content (AvgIpc) is 2.39. The first-order chi connectivity index (χ1) is 8.69. The van der Waals surface area contributed by atoms with Gasteiger partial charge in [0.25, 0.3) is 5.56 Å². The fourth-order valence-corrected chi connectivity index (χ4v) is 2.91. The van der Waals surface area contributed by atoms with E-state index < -0.39 is 0 Å². The molecule has 1 aromatic heterocycles. The van der Waals surface area contributed by atoms with Gasteiger partial charge in [-0.05, 0) is 6.42 Å². The molecular weight excluding hydrogens is 230 g/mol. The average molecular weight is 249 g/mol. The van der Waals surface area contributed by atoms with Crippen molar-refractivity contribution in [1.82, 2.24) is 19.8 Å². The van der Waals surface area contributed by atoms with Gasteiger partial charge in [0.2, 0.25) is 0 Å². The predicted molar refractivity (Wildman–Crippen MR) is 69.4 cm³/mol. The van der Waals surface area contributed by atoms with Crippen molar-refractivity contribution in [2.75, 3.05) is 38.5 Å². The van der Waals surface area contributed by atoms with E-state index in [2.05, 4.69) is 19.8 Å². The van der Waals surface area contributed by atoms with Gasteiger partial charge in [0.15, 0.2) is 0 Å². The van der Waals surface area contributed by atoms with Crippen LogP contribution in [0.15, 0.2) is 4.79 Å². The highest BCUT2D eigenvalue weighted by atomic mass is 16.1. The molecule has 1 aromatic rings. The zero-order valence-corrected chi connectivity index (χ0v) is 10.6. The minimum Gasteiger partial charge on any atom is -0.383 e. The van der Waals surface area contributed by atoms with Gasteiger partial charge in [-0.1, -0.05) is 6.92 Å². The Hall–Kier alpha value is -1.40. The molecule has 0 saturated carbocycles. The largest absolute Gasteiger partial charge is 0.383 e. The second kappa shape index (κ2) is 4.37. The maximum Gasteiger partial charge on any atom is 0.256 e. The quantitative estimate of drug-likeness (QED) is 0.745. The van der Waals surface area contributed by atoms with Crippen LogP contribution < -0.4 is 11.3 Å². The molecule has 18 heavy (non-hydrogen) atoms. The number of nitrogens with one attached hydrogen (secondary N) is 1. The smallest absolute Gasteiger partial charge is 0.256 e. The number of nitrogen functional groups attached to an aromatic ring is 1. The number of fused-ring (bicyclic) bond motifs is 3. The molecule has 3 aliphatic heterocycles. The highest BCUT2D eigenvalue weighted by Gasteiger charge is 2.34. The SMILES string of the molecule is CCc1c(N)nc(C2CN3CCN2CC3)[nH]c1=O. The number of nitrogens with two attached hydrogens (primary N) is 1. The van der Waals surface area contributed by atoms with Gasteiger partial charge in [0.1, 0.15) is 11.6 Å². The van der Waals surface area contributed by atoms with E-state index in [1.165, 1.54) is 0 Å². The van der Waals surface area contributed by atoms with Crippen LogP contribution in [0.2, 0.25) is 0 Å². The Balaban J connectivity index is 1.95. The van der Waals surface area contributed by atoms with E-state index in [1.807, 2.05) is 6.92 Å². The summed E-state index contributed by atoms with van der Waals surface area (Å²) < 4.78 is 0. The normalized spacial score (nSPS) is 30.6. The summed E-state index contributed by atoms with van der Waals surface area (Å²) in [5.74, 6) is 1.10. The first-order valence-corrected chi connectivity index (χ1v) is 6.54. The molecule has 1 atom stereocenters. The lowest BCUT2D eigenvalue weighted by atomic mass is 10.1. The third kappa shape index (κ3) is 1.81. The number of aromatic nitrogens is 2. The lowest BCUT2D eigenvalue weighted by molar-refractivity contribution is 0.00860. The molecule has 6 heteroatoms. The zero-order chi connectivity index (χ0) is 12.7. The Morgan fingerprint density at radius 2 is 2.11 bits per heavy atom. The predicted octanol–water partition coefficient (Wildman–Crippen LogP) is -0.413. The standard InChI is InChI=1S/C12H19N5O/c1-2-8-10(13)14-11(15-12(8)18)9-7-16-3-5-17(9)6-4-16/h9H,2-7H2,1H3,(H3,13,14,15,18). The van der Waals surface area contributed by atoms with Gasteiger partial charge in [-0.2, -0.15) is 0 Å². The van der Waals surface area contributed by atoms with Crippen LogP contribution in [0.5, 0.6) is 0 Å². The monoisotopic (exact) mass is 249 g/mol. The van der Waals surface area contributed by atoms with Crippen LogP contribution in [-0.4, -0.2) is 52.5 Å². The van der Waals surface area contributed by atoms with E-state index in [1.54, 1.807) is 0 Å². The Morgan fingerprint density at radius 1 is 1.39 bits per heavy atom. The van der Waals surface area contributed by atoms with Crippen LogP contribution in [0.25, 0.3) is 0 Å². The van der Waals surface area contributed by atoms with E-state index in [9.17, 15) is 4.79 Å². The summed E-state index contributed by atoms with van der Waals surface area (Å²) in [6.45, 7) is 7.17. The molecule has 6 nitrogen and oxygen atoms in total. The fraction of sp³-hybridized carbons (Fsp3) is 0.667. The second-order valence-corrected chi connectivity index (χ2v) is 5.02. The van der Waals surface area contributed by atoms with E-state index in [-0.39, 0.29) is 11.6 Å². The zero-order valence-electron chi connectivity index (χ0n) is 10.6. The minimum atomic E-state index is -0.0855. The van der Waals surface area contributed by atoms with E-state index >= 15 is 0 Å². The lowest BCUT2D eigenvalue weighted by Crippen LogP contribution is -2.57. The van der Waals surface area contributed by atoms with Gasteiger partial charge >= 0.3 is 0 Å². The number of piperazine rings is 3. The first-order valence-electron chi connectivity index (χ1n) is 6.54. The Labute approximate surface area is 106 Å². The molecule has 3 N–H and O–H groups in total. The van der Waals surface area contributed by atoms with Crippen molar-refractivity contribution in [3.05, 3.63) is 21.7 Å². The van der Waals surface area contributed by atoms with Gasteiger partial charge < -0.3 is 10.7 Å². The third-order valence-corrected chi connectivity index (χ3v) is 4.01. The number of hydrogen-bond donors (Lipinski definition) is 2. The summed E-state index contributed by atoms with van der Waals surface area (Å²) in [6.07, 6.45) is 0.620. The summed E-state index contributed by atoms with van der Waals surface area (Å²) in [6, 6.07) is 0.188. The topological polar surface area (TPSA) is 78.2 Å². The molecule has 1 unspecified atom stereocenters. The summed E-state index contributed by atoms with van der Waals surface area (Å²) in [5.41, 5.74) is 6.38. The number of H-pyrrole nitrogens is 1. The Kier molecular flexibility index (Phi) is 2.83.